The molecule has 2 rings (SSSR count). The first-order valence-corrected chi connectivity index (χ1v) is 8.64. The highest BCUT2D eigenvalue weighted by Crippen LogP contribution is 2.27. The Hall–Kier alpha value is -1.73. The van der Waals surface area contributed by atoms with E-state index in [1.807, 2.05) is 19.1 Å². The monoisotopic (exact) mass is 328 g/mol. The van der Waals surface area contributed by atoms with Crippen LogP contribution in [0.3, 0.4) is 0 Å². The average Bonchev–Trinajstić information content (AvgIpc) is 2.69. The van der Waals surface area contributed by atoms with Crippen molar-refractivity contribution >= 4 is 33.1 Å². The Balaban J connectivity index is 2.43. The number of hydrogen-bond donors (Lipinski definition) is 2. The molecule has 8 heteroatoms. The Labute approximate surface area is 128 Å². The average molecular weight is 329 g/mol. The summed E-state index contributed by atoms with van der Waals surface area (Å²) in [5, 5.41) is 7.82. The van der Waals surface area contributed by atoms with Gasteiger partial charge in [-0.15, -0.1) is 0 Å². The highest BCUT2D eigenvalue weighted by Gasteiger charge is 2.23. The molecule has 6 nitrogen and oxygen atoms in total. The molecule has 1 aromatic heterocycles. The normalized spacial score (nSPS) is 11.6. The largest absolute Gasteiger partial charge is 0.383 e. The SMILES string of the molecule is CCNc1nn(Cc2ccc(Cl)cc2)c(N)c1S(C)(=O)=O. The molecule has 0 saturated heterocycles. The number of rotatable bonds is 5. The third-order valence-electron chi connectivity index (χ3n) is 2.91. The molecule has 21 heavy (non-hydrogen) atoms. The van der Waals surface area contributed by atoms with Crippen LogP contribution in [-0.4, -0.2) is 31.0 Å². The molecule has 0 aliphatic carbocycles. The number of sulfone groups is 1. The van der Waals surface area contributed by atoms with E-state index in [2.05, 4.69) is 10.4 Å². The highest BCUT2D eigenvalue weighted by atomic mass is 35.5. The summed E-state index contributed by atoms with van der Waals surface area (Å²) in [5.41, 5.74) is 6.88. The Kier molecular flexibility index (Phi) is 4.43. The van der Waals surface area contributed by atoms with Crippen LogP contribution in [0, 0.1) is 0 Å². The number of aromatic nitrogens is 2. The van der Waals surface area contributed by atoms with Crippen molar-refractivity contribution in [3.63, 3.8) is 0 Å². The molecule has 0 radical (unpaired) electrons. The van der Waals surface area contributed by atoms with Crippen molar-refractivity contribution in [1.29, 1.82) is 0 Å². The first-order chi connectivity index (χ1) is 9.82. The minimum absolute atomic E-state index is 0.0401. The van der Waals surface area contributed by atoms with Crippen molar-refractivity contribution in [1.82, 2.24) is 9.78 Å². The van der Waals surface area contributed by atoms with Gasteiger partial charge in [-0.2, -0.15) is 5.10 Å². The molecule has 0 aliphatic heterocycles. The van der Waals surface area contributed by atoms with Gasteiger partial charge in [0.15, 0.2) is 20.6 Å². The lowest BCUT2D eigenvalue weighted by molar-refractivity contribution is 0.602. The van der Waals surface area contributed by atoms with Crippen LogP contribution < -0.4 is 11.1 Å². The molecular weight excluding hydrogens is 312 g/mol. The first-order valence-electron chi connectivity index (χ1n) is 6.37. The van der Waals surface area contributed by atoms with Gasteiger partial charge >= 0.3 is 0 Å². The van der Waals surface area contributed by atoms with Crippen LogP contribution in [0.15, 0.2) is 29.2 Å². The number of hydrogen-bond acceptors (Lipinski definition) is 5. The van der Waals surface area contributed by atoms with Crippen molar-refractivity contribution in [2.75, 3.05) is 23.9 Å². The zero-order chi connectivity index (χ0) is 15.6. The molecule has 1 heterocycles. The minimum atomic E-state index is -3.46. The predicted octanol–water partition coefficient (Wildman–Crippen LogP) is 2.00. The van der Waals surface area contributed by atoms with E-state index < -0.39 is 9.84 Å². The molecule has 0 atom stereocenters. The molecule has 0 unspecified atom stereocenters. The van der Waals surface area contributed by atoms with E-state index in [4.69, 9.17) is 17.3 Å². The summed E-state index contributed by atoms with van der Waals surface area (Å²) in [5.74, 6) is 0.412. The van der Waals surface area contributed by atoms with Crippen LogP contribution in [0.5, 0.6) is 0 Å². The summed E-state index contributed by atoms with van der Waals surface area (Å²) in [4.78, 5) is 0.0401. The van der Waals surface area contributed by atoms with E-state index >= 15 is 0 Å². The van der Waals surface area contributed by atoms with Crippen molar-refractivity contribution < 1.29 is 8.42 Å². The third-order valence-corrected chi connectivity index (χ3v) is 4.30. The second-order valence-electron chi connectivity index (χ2n) is 4.65. The molecule has 0 fully saturated rings. The summed E-state index contributed by atoms with van der Waals surface area (Å²) in [7, 11) is -3.46. The quantitative estimate of drug-likeness (QED) is 0.876. The number of nitrogens with zero attached hydrogens (tertiary/aromatic N) is 2. The van der Waals surface area contributed by atoms with Crippen molar-refractivity contribution in [3.05, 3.63) is 34.9 Å². The van der Waals surface area contributed by atoms with Crippen LogP contribution >= 0.6 is 11.6 Å². The van der Waals surface area contributed by atoms with Crippen molar-refractivity contribution in [3.8, 4) is 0 Å². The Morgan fingerprint density at radius 1 is 1.33 bits per heavy atom. The second kappa shape index (κ2) is 5.95. The molecule has 0 bridgehead atoms. The minimum Gasteiger partial charge on any atom is -0.383 e. The predicted molar refractivity (Wildman–Crippen MR) is 84.5 cm³/mol. The number of nitrogens with two attached hydrogens (primary N) is 1. The zero-order valence-electron chi connectivity index (χ0n) is 11.8. The van der Waals surface area contributed by atoms with E-state index in [9.17, 15) is 8.42 Å². The van der Waals surface area contributed by atoms with E-state index in [0.717, 1.165) is 11.8 Å². The summed E-state index contributed by atoms with van der Waals surface area (Å²) < 4.78 is 25.2. The summed E-state index contributed by atoms with van der Waals surface area (Å²) in [6.07, 6.45) is 1.12. The van der Waals surface area contributed by atoms with Gasteiger partial charge in [0.05, 0.1) is 6.54 Å². The Bertz CT molecular complexity index is 738. The van der Waals surface area contributed by atoms with Crippen LogP contribution in [0.2, 0.25) is 5.02 Å². The Morgan fingerprint density at radius 3 is 2.48 bits per heavy atom. The van der Waals surface area contributed by atoms with Crippen molar-refractivity contribution in [2.45, 2.75) is 18.4 Å². The van der Waals surface area contributed by atoms with Crippen LogP contribution in [0.4, 0.5) is 11.6 Å². The molecule has 3 N–H and O–H groups in total. The number of anilines is 2. The van der Waals surface area contributed by atoms with Gasteiger partial charge in [-0.1, -0.05) is 23.7 Å². The first kappa shape index (κ1) is 15.7. The van der Waals surface area contributed by atoms with E-state index in [-0.39, 0.29) is 16.5 Å². The van der Waals surface area contributed by atoms with Gasteiger partial charge in [0.1, 0.15) is 5.82 Å². The third kappa shape index (κ3) is 3.48. The van der Waals surface area contributed by atoms with Gasteiger partial charge in [0.2, 0.25) is 0 Å². The fourth-order valence-corrected chi connectivity index (χ4v) is 3.07. The van der Waals surface area contributed by atoms with Gasteiger partial charge in [-0.3, -0.25) is 0 Å². The molecule has 1 aromatic carbocycles. The standard InChI is InChI=1S/C13H17ClN4O2S/c1-3-16-13-11(21(2,19)20)12(15)18(17-13)8-9-4-6-10(14)7-5-9/h4-7H,3,8,15H2,1-2H3,(H,16,17). The smallest absolute Gasteiger partial charge is 0.182 e. The fourth-order valence-electron chi connectivity index (χ4n) is 1.99. The topological polar surface area (TPSA) is 90.0 Å². The van der Waals surface area contributed by atoms with Gasteiger partial charge in [-0.05, 0) is 24.6 Å². The Morgan fingerprint density at radius 2 is 1.95 bits per heavy atom. The number of halogens is 1. The van der Waals surface area contributed by atoms with E-state index in [1.165, 1.54) is 4.68 Å². The number of nitrogens with one attached hydrogen (secondary N) is 1. The second-order valence-corrected chi connectivity index (χ2v) is 7.04. The molecule has 0 saturated carbocycles. The summed E-state index contributed by atoms with van der Waals surface area (Å²) >= 11 is 5.84. The highest BCUT2D eigenvalue weighted by molar-refractivity contribution is 7.91. The van der Waals surface area contributed by atoms with E-state index in [0.29, 0.717) is 18.1 Å². The lowest BCUT2D eigenvalue weighted by Crippen LogP contribution is -2.08. The van der Waals surface area contributed by atoms with Gasteiger partial charge in [0, 0.05) is 17.8 Å². The fraction of sp³-hybridized carbons (Fsp3) is 0.308. The molecular formula is C13H17ClN4O2S. The molecule has 0 amide bonds. The zero-order valence-corrected chi connectivity index (χ0v) is 13.4. The van der Waals surface area contributed by atoms with Crippen LogP contribution in [0.1, 0.15) is 12.5 Å². The molecule has 0 aliphatic rings. The van der Waals surface area contributed by atoms with Gasteiger partial charge < -0.3 is 11.1 Å². The van der Waals surface area contributed by atoms with Crippen LogP contribution in [0.25, 0.3) is 0 Å². The van der Waals surface area contributed by atoms with Crippen molar-refractivity contribution in [2.24, 2.45) is 0 Å². The van der Waals surface area contributed by atoms with Gasteiger partial charge in [0.25, 0.3) is 0 Å². The maximum atomic E-state index is 11.9. The molecule has 2 aromatic rings. The maximum absolute atomic E-state index is 11.9. The molecule has 0 spiro atoms. The lowest BCUT2D eigenvalue weighted by atomic mass is 10.2. The summed E-state index contributed by atoms with van der Waals surface area (Å²) in [6, 6.07) is 7.21. The summed E-state index contributed by atoms with van der Waals surface area (Å²) in [6.45, 7) is 2.79. The number of nitrogen functional groups attached to an aromatic ring is 1. The van der Waals surface area contributed by atoms with Gasteiger partial charge in [-0.25, -0.2) is 13.1 Å². The number of benzene rings is 1. The van der Waals surface area contributed by atoms with E-state index in [1.54, 1.807) is 12.1 Å². The molecule has 114 valence electrons. The maximum Gasteiger partial charge on any atom is 0.182 e. The lowest BCUT2D eigenvalue weighted by Gasteiger charge is -2.04. The van der Waals surface area contributed by atoms with Crippen LogP contribution in [-0.2, 0) is 16.4 Å².